The summed E-state index contributed by atoms with van der Waals surface area (Å²) in [6.07, 6.45) is -6.65. The van der Waals surface area contributed by atoms with Crippen LogP contribution in [-0.2, 0) is 21.9 Å². The van der Waals surface area contributed by atoms with Crippen molar-refractivity contribution in [1.29, 1.82) is 0 Å². The van der Waals surface area contributed by atoms with Crippen molar-refractivity contribution in [2.75, 3.05) is 0 Å². The molecular formula is C24H13F6I3O6. The number of aromatic carboxylic acids is 1. The van der Waals surface area contributed by atoms with Gasteiger partial charge in [-0.15, -0.1) is 0 Å². The molecule has 0 spiro atoms. The number of allylic oxidation sites excluding steroid dienone is 2. The van der Waals surface area contributed by atoms with Gasteiger partial charge in [-0.1, -0.05) is 12.2 Å². The molecule has 4 rings (SSSR count). The Morgan fingerprint density at radius 2 is 1.26 bits per heavy atom. The van der Waals surface area contributed by atoms with Crippen LogP contribution in [0.3, 0.4) is 0 Å². The second-order valence-corrected chi connectivity index (χ2v) is 12.2. The number of carbonyl (C=O) groups excluding carboxylic acids is 2. The van der Waals surface area contributed by atoms with E-state index in [0.29, 0.717) is 13.6 Å². The Bertz CT molecular complexity index is 1370. The zero-order valence-corrected chi connectivity index (χ0v) is 25.3. The van der Waals surface area contributed by atoms with Crippen LogP contribution < -0.4 is 9.47 Å². The summed E-state index contributed by atoms with van der Waals surface area (Å²) in [4.78, 5) is 38.1. The van der Waals surface area contributed by atoms with E-state index in [1.165, 1.54) is 6.07 Å². The number of carboxylic acid groups (broad SMARTS) is 1. The predicted octanol–water partition coefficient (Wildman–Crippen LogP) is 7.19. The first-order chi connectivity index (χ1) is 18.0. The summed E-state index contributed by atoms with van der Waals surface area (Å²) in [7, 11) is 0. The molecule has 2 bridgehead atoms. The average Bonchev–Trinajstić information content (AvgIpc) is 3.42. The molecule has 1 saturated carbocycles. The Morgan fingerprint density at radius 3 is 1.72 bits per heavy atom. The smallest absolute Gasteiger partial charge is 0.416 e. The molecule has 1 fully saturated rings. The monoisotopic (exact) mass is 892 g/mol. The molecule has 0 radical (unpaired) electrons. The van der Waals surface area contributed by atoms with E-state index in [9.17, 15) is 45.8 Å². The van der Waals surface area contributed by atoms with Gasteiger partial charge in [0.15, 0.2) is 5.75 Å². The molecule has 0 saturated heterocycles. The van der Waals surface area contributed by atoms with E-state index in [-0.39, 0.29) is 33.1 Å². The number of halogens is 9. The first kappa shape index (κ1) is 30.3. The number of hydrogen-bond acceptors (Lipinski definition) is 5. The van der Waals surface area contributed by atoms with Crippen molar-refractivity contribution >= 4 is 85.7 Å². The van der Waals surface area contributed by atoms with Crippen molar-refractivity contribution in [2.24, 2.45) is 23.7 Å². The van der Waals surface area contributed by atoms with Gasteiger partial charge in [0, 0.05) is 3.57 Å². The fraction of sp³-hybridized carbons (Fsp3) is 0.292. The van der Waals surface area contributed by atoms with Crippen LogP contribution in [0.15, 0.2) is 36.4 Å². The predicted molar refractivity (Wildman–Crippen MR) is 147 cm³/mol. The summed E-state index contributed by atoms with van der Waals surface area (Å²) in [5, 5.41) is 9.52. The molecule has 39 heavy (non-hydrogen) atoms. The van der Waals surface area contributed by atoms with E-state index in [0.717, 1.165) is 0 Å². The number of benzene rings is 2. The number of fused-ring (bicyclic) bond motifs is 2. The van der Waals surface area contributed by atoms with Crippen molar-refractivity contribution in [3.05, 3.63) is 63.8 Å². The molecule has 0 amide bonds. The van der Waals surface area contributed by atoms with Crippen molar-refractivity contribution in [2.45, 2.75) is 18.8 Å². The molecular weight excluding hydrogens is 879 g/mol. The minimum atomic E-state index is -5.14. The van der Waals surface area contributed by atoms with Crippen molar-refractivity contribution in [3.8, 4) is 11.5 Å². The van der Waals surface area contributed by atoms with E-state index >= 15 is 0 Å². The lowest BCUT2D eigenvalue weighted by Crippen LogP contribution is -2.38. The first-order valence-corrected chi connectivity index (χ1v) is 14.0. The number of carboxylic acids is 1. The summed E-state index contributed by atoms with van der Waals surface area (Å²) >= 11 is 5.40. The van der Waals surface area contributed by atoms with Crippen LogP contribution in [0.2, 0.25) is 0 Å². The maximum absolute atomic E-state index is 13.3. The first-order valence-electron chi connectivity index (χ1n) is 10.8. The largest absolute Gasteiger partial charge is 0.478 e. The standard InChI is InChI=1S/C24H13F6I3O6/c25-23(26,27)10-4-11(24(28,29)30)6-12(5-10)38-21(36)15-8-1-2-9(3-8)16(15)22(37)39-19-14(32)7-13(31)17(18(19)33)20(34)35/h1-2,4-9,15-16H,3H2,(H,34,35). The average molecular weight is 892 g/mol. The summed E-state index contributed by atoms with van der Waals surface area (Å²) in [6, 6.07) is 1.97. The molecule has 15 heteroatoms. The second kappa shape index (κ2) is 11.0. The molecule has 4 atom stereocenters. The van der Waals surface area contributed by atoms with E-state index < -0.39 is 70.8 Å². The third-order valence-electron chi connectivity index (χ3n) is 6.33. The molecule has 0 aliphatic heterocycles. The molecule has 2 aliphatic rings. The van der Waals surface area contributed by atoms with Gasteiger partial charge in [-0.05, 0) is 110 Å². The minimum absolute atomic E-state index is 0.0365. The van der Waals surface area contributed by atoms with Gasteiger partial charge in [0.05, 0.1) is 35.7 Å². The van der Waals surface area contributed by atoms with Crippen LogP contribution in [0.5, 0.6) is 11.5 Å². The maximum atomic E-state index is 13.3. The number of ether oxygens (including phenoxy) is 2. The molecule has 2 aliphatic carbocycles. The Labute approximate surface area is 256 Å². The van der Waals surface area contributed by atoms with E-state index in [1.54, 1.807) is 34.7 Å². The molecule has 2 aromatic carbocycles. The second-order valence-electron chi connectivity index (χ2n) is 8.75. The molecule has 2 aromatic rings. The van der Waals surface area contributed by atoms with Crippen LogP contribution >= 0.6 is 67.8 Å². The zero-order valence-electron chi connectivity index (χ0n) is 18.9. The van der Waals surface area contributed by atoms with Crippen LogP contribution in [0.1, 0.15) is 27.9 Å². The minimum Gasteiger partial charge on any atom is -0.478 e. The lowest BCUT2D eigenvalue weighted by molar-refractivity contribution is -0.151. The van der Waals surface area contributed by atoms with Crippen LogP contribution in [0, 0.1) is 34.4 Å². The Kier molecular flexibility index (Phi) is 8.53. The molecule has 0 heterocycles. The van der Waals surface area contributed by atoms with Gasteiger partial charge in [0.25, 0.3) is 0 Å². The maximum Gasteiger partial charge on any atom is 0.416 e. The topological polar surface area (TPSA) is 89.9 Å². The van der Waals surface area contributed by atoms with Gasteiger partial charge in [0.1, 0.15) is 5.75 Å². The summed E-state index contributed by atoms with van der Waals surface area (Å²) in [5.41, 5.74) is -3.39. The number of alkyl halides is 6. The molecule has 1 N–H and O–H groups in total. The highest BCUT2D eigenvalue weighted by Crippen LogP contribution is 2.50. The summed E-state index contributed by atoms with van der Waals surface area (Å²) in [5.74, 6) is -7.78. The SMILES string of the molecule is O=C(O)c1c(I)cc(I)c(OC(=O)C2C3C=CC(C3)C2C(=O)Oc2cc(C(F)(F)F)cc(C(F)(F)F)c2)c1I. The van der Waals surface area contributed by atoms with Gasteiger partial charge in [-0.2, -0.15) is 26.3 Å². The van der Waals surface area contributed by atoms with Crippen molar-refractivity contribution in [1.82, 2.24) is 0 Å². The van der Waals surface area contributed by atoms with E-state index in [2.05, 4.69) is 0 Å². The highest BCUT2D eigenvalue weighted by atomic mass is 127. The van der Waals surface area contributed by atoms with Crippen LogP contribution in [0.4, 0.5) is 26.3 Å². The van der Waals surface area contributed by atoms with Gasteiger partial charge in [-0.25, -0.2) is 4.79 Å². The van der Waals surface area contributed by atoms with Gasteiger partial charge < -0.3 is 14.6 Å². The number of rotatable bonds is 5. The third kappa shape index (κ3) is 6.18. The lowest BCUT2D eigenvalue weighted by Gasteiger charge is -2.25. The van der Waals surface area contributed by atoms with Crippen LogP contribution in [-0.4, -0.2) is 23.0 Å². The Balaban J connectivity index is 1.64. The van der Waals surface area contributed by atoms with Gasteiger partial charge >= 0.3 is 30.3 Å². The third-order valence-corrected chi connectivity index (χ3v) is 9.01. The Hall–Kier alpha value is -1.64. The highest BCUT2D eigenvalue weighted by Gasteiger charge is 2.53. The van der Waals surface area contributed by atoms with E-state index in [1.807, 2.05) is 45.2 Å². The van der Waals surface area contributed by atoms with E-state index in [4.69, 9.17) is 9.47 Å². The quantitative estimate of drug-likeness (QED) is 0.113. The van der Waals surface area contributed by atoms with Crippen LogP contribution in [0.25, 0.3) is 0 Å². The summed E-state index contributed by atoms with van der Waals surface area (Å²) < 4.78 is 90.9. The zero-order chi connectivity index (χ0) is 29.0. The fourth-order valence-electron chi connectivity index (χ4n) is 4.66. The number of esters is 2. The normalized spacial score (nSPS) is 22.2. The molecule has 0 aromatic heterocycles. The van der Waals surface area contributed by atoms with Crippen molar-refractivity contribution < 1.29 is 55.3 Å². The molecule has 4 unspecified atom stereocenters. The van der Waals surface area contributed by atoms with Gasteiger partial charge in [0.2, 0.25) is 0 Å². The van der Waals surface area contributed by atoms with Gasteiger partial charge in [-0.3, -0.25) is 9.59 Å². The molecule has 6 nitrogen and oxygen atoms in total. The number of carbonyl (C=O) groups is 3. The highest BCUT2D eigenvalue weighted by molar-refractivity contribution is 14.1. The van der Waals surface area contributed by atoms with Crippen molar-refractivity contribution in [3.63, 3.8) is 0 Å². The fourth-order valence-corrected chi connectivity index (χ4v) is 8.72. The Morgan fingerprint density at radius 1 is 0.769 bits per heavy atom. The molecule has 208 valence electrons. The lowest BCUT2D eigenvalue weighted by atomic mass is 9.83. The number of hydrogen-bond donors (Lipinski definition) is 1. The summed E-state index contributed by atoms with van der Waals surface area (Å²) in [6.45, 7) is 0.